The summed E-state index contributed by atoms with van der Waals surface area (Å²) in [7, 11) is 0. The third-order valence-electron chi connectivity index (χ3n) is 2.95. The second kappa shape index (κ2) is 5.19. The van der Waals surface area contributed by atoms with Crippen molar-refractivity contribution in [2.24, 2.45) is 5.73 Å². The van der Waals surface area contributed by atoms with Gasteiger partial charge in [-0.05, 0) is 42.3 Å². The van der Waals surface area contributed by atoms with Crippen LogP contribution in [-0.4, -0.2) is 0 Å². The van der Waals surface area contributed by atoms with Gasteiger partial charge in [0.2, 0.25) is 0 Å². The lowest BCUT2D eigenvalue weighted by atomic mass is 9.85. The molecule has 0 aliphatic rings. The number of rotatable bonds is 2. The Morgan fingerprint density at radius 2 is 1.68 bits per heavy atom. The summed E-state index contributed by atoms with van der Waals surface area (Å²) < 4.78 is 27.4. The molecule has 19 heavy (non-hydrogen) atoms. The molecule has 0 aliphatic heterocycles. The van der Waals surface area contributed by atoms with Gasteiger partial charge in [-0.3, -0.25) is 0 Å². The van der Waals surface area contributed by atoms with Crippen LogP contribution in [0.5, 0.6) is 0 Å². The van der Waals surface area contributed by atoms with Crippen molar-refractivity contribution in [2.45, 2.75) is 12.5 Å². The van der Waals surface area contributed by atoms with Crippen LogP contribution in [-0.2, 0) is 5.54 Å². The highest BCUT2D eigenvalue weighted by Gasteiger charge is 2.27. The number of hydrogen-bond acceptors (Lipinski definition) is 1. The molecule has 2 aromatic carbocycles. The van der Waals surface area contributed by atoms with Gasteiger partial charge in [-0.15, -0.1) is 0 Å². The lowest BCUT2D eigenvalue weighted by molar-refractivity contribution is 0.550. The van der Waals surface area contributed by atoms with Crippen molar-refractivity contribution >= 4 is 27.5 Å². The lowest BCUT2D eigenvalue weighted by Gasteiger charge is -2.27. The van der Waals surface area contributed by atoms with E-state index in [-0.39, 0.29) is 0 Å². The Morgan fingerprint density at radius 3 is 2.21 bits per heavy atom. The van der Waals surface area contributed by atoms with Gasteiger partial charge in [0.05, 0.1) is 5.54 Å². The first-order chi connectivity index (χ1) is 8.80. The van der Waals surface area contributed by atoms with Gasteiger partial charge in [0.1, 0.15) is 11.6 Å². The Morgan fingerprint density at radius 1 is 1.11 bits per heavy atom. The van der Waals surface area contributed by atoms with Crippen molar-refractivity contribution in [2.75, 3.05) is 0 Å². The van der Waals surface area contributed by atoms with Gasteiger partial charge in [0, 0.05) is 15.6 Å². The van der Waals surface area contributed by atoms with Gasteiger partial charge in [0.25, 0.3) is 0 Å². The van der Waals surface area contributed by atoms with E-state index in [2.05, 4.69) is 15.9 Å². The van der Waals surface area contributed by atoms with Gasteiger partial charge in [0.15, 0.2) is 0 Å². The molecule has 1 atom stereocenters. The van der Waals surface area contributed by atoms with Crippen molar-refractivity contribution in [3.8, 4) is 0 Å². The molecule has 0 saturated heterocycles. The van der Waals surface area contributed by atoms with Gasteiger partial charge in [-0.25, -0.2) is 8.78 Å². The van der Waals surface area contributed by atoms with E-state index in [4.69, 9.17) is 17.3 Å². The molecule has 0 radical (unpaired) electrons. The molecule has 2 N–H and O–H groups in total. The normalized spacial score (nSPS) is 14.2. The number of hydrogen-bond donors (Lipinski definition) is 1. The minimum atomic E-state index is -1.08. The Bertz CT molecular complexity index is 609. The molecule has 0 heterocycles. The zero-order chi connectivity index (χ0) is 14.2. The molecule has 0 aromatic heterocycles. The average Bonchev–Trinajstić information content (AvgIpc) is 2.26. The first kappa shape index (κ1) is 14.4. The molecule has 1 nitrogen and oxygen atoms in total. The predicted molar refractivity (Wildman–Crippen MR) is 76.2 cm³/mol. The van der Waals surface area contributed by atoms with Gasteiger partial charge >= 0.3 is 0 Å². The molecule has 2 aromatic rings. The van der Waals surface area contributed by atoms with Gasteiger partial charge in [-0.2, -0.15) is 0 Å². The van der Waals surface area contributed by atoms with Crippen LogP contribution in [0, 0.1) is 11.6 Å². The Labute approximate surface area is 123 Å². The zero-order valence-electron chi connectivity index (χ0n) is 10.1. The Hall–Kier alpha value is -0.970. The van der Waals surface area contributed by atoms with Crippen molar-refractivity contribution in [3.05, 3.63) is 68.7 Å². The quantitative estimate of drug-likeness (QED) is 0.845. The minimum absolute atomic E-state index is 0.328. The standard InChI is InChI=1S/C14H11BrClF2N/c1-14(19,8-4-10(17)7-11(18)5-8)12-3-2-9(15)6-13(12)16/h2-7H,19H2,1H3. The van der Waals surface area contributed by atoms with Crippen LogP contribution >= 0.6 is 27.5 Å². The molecule has 0 bridgehead atoms. The SMILES string of the molecule is CC(N)(c1cc(F)cc(F)c1)c1ccc(Br)cc1Cl. The van der Waals surface area contributed by atoms with Crippen LogP contribution in [0.2, 0.25) is 5.02 Å². The van der Waals surface area contributed by atoms with Crippen molar-refractivity contribution in [3.63, 3.8) is 0 Å². The van der Waals surface area contributed by atoms with Crippen LogP contribution in [0.15, 0.2) is 40.9 Å². The maximum absolute atomic E-state index is 13.3. The van der Waals surface area contributed by atoms with Gasteiger partial charge in [-0.1, -0.05) is 33.6 Å². The van der Waals surface area contributed by atoms with E-state index in [0.29, 0.717) is 16.1 Å². The lowest BCUT2D eigenvalue weighted by Crippen LogP contribution is -2.34. The first-order valence-corrected chi connectivity index (χ1v) is 6.69. The molecule has 2 rings (SSSR count). The van der Waals surface area contributed by atoms with E-state index in [1.807, 2.05) is 0 Å². The monoisotopic (exact) mass is 345 g/mol. The predicted octanol–water partition coefficient (Wildman–Crippen LogP) is 4.60. The van der Waals surface area contributed by atoms with E-state index in [9.17, 15) is 8.78 Å². The summed E-state index contributed by atoms with van der Waals surface area (Å²) in [6, 6.07) is 8.43. The fraction of sp³-hybridized carbons (Fsp3) is 0.143. The first-order valence-electron chi connectivity index (χ1n) is 5.51. The second-order valence-electron chi connectivity index (χ2n) is 4.48. The topological polar surface area (TPSA) is 26.0 Å². The molecule has 0 spiro atoms. The fourth-order valence-electron chi connectivity index (χ4n) is 1.92. The summed E-state index contributed by atoms with van der Waals surface area (Å²) in [5.41, 5.74) is 6.06. The molecule has 0 saturated carbocycles. The number of halogens is 4. The zero-order valence-corrected chi connectivity index (χ0v) is 12.4. The summed E-state index contributed by atoms with van der Waals surface area (Å²) in [5, 5.41) is 0.434. The van der Waals surface area contributed by atoms with E-state index in [1.165, 1.54) is 12.1 Å². The fourth-order valence-corrected chi connectivity index (χ4v) is 2.79. The average molecular weight is 347 g/mol. The summed E-state index contributed by atoms with van der Waals surface area (Å²) in [6.45, 7) is 1.66. The Kier molecular flexibility index (Phi) is 3.95. The number of nitrogens with two attached hydrogens (primary N) is 1. The maximum atomic E-state index is 13.3. The van der Waals surface area contributed by atoms with Crippen molar-refractivity contribution in [1.29, 1.82) is 0 Å². The molecule has 0 fully saturated rings. The van der Waals surface area contributed by atoms with Crippen molar-refractivity contribution < 1.29 is 8.78 Å². The smallest absolute Gasteiger partial charge is 0.126 e. The molecule has 5 heteroatoms. The summed E-state index contributed by atoms with van der Waals surface area (Å²) in [5.74, 6) is -1.33. The van der Waals surface area contributed by atoms with Crippen LogP contribution in [0.1, 0.15) is 18.1 Å². The number of benzene rings is 2. The van der Waals surface area contributed by atoms with Crippen LogP contribution < -0.4 is 5.73 Å². The Balaban J connectivity index is 2.57. The highest BCUT2D eigenvalue weighted by molar-refractivity contribution is 9.10. The molecule has 1 unspecified atom stereocenters. The minimum Gasteiger partial charge on any atom is -0.318 e. The molecule has 0 aliphatic carbocycles. The molecule has 100 valence electrons. The van der Waals surface area contributed by atoms with E-state index in [0.717, 1.165) is 10.5 Å². The third-order valence-corrected chi connectivity index (χ3v) is 3.76. The summed E-state index contributed by atoms with van der Waals surface area (Å²) >= 11 is 9.44. The van der Waals surface area contributed by atoms with E-state index < -0.39 is 17.2 Å². The summed E-state index contributed by atoms with van der Waals surface area (Å²) in [4.78, 5) is 0. The summed E-state index contributed by atoms with van der Waals surface area (Å²) in [6.07, 6.45) is 0. The maximum Gasteiger partial charge on any atom is 0.126 e. The largest absolute Gasteiger partial charge is 0.318 e. The van der Waals surface area contributed by atoms with Crippen LogP contribution in [0.25, 0.3) is 0 Å². The van der Waals surface area contributed by atoms with Crippen LogP contribution in [0.4, 0.5) is 8.78 Å². The third kappa shape index (κ3) is 2.96. The van der Waals surface area contributed by atoms with Crippen molar-refractivity contribution in [1.82, 2.24) is 0 Å². The van der Waals surface area contributed by atoms with Crippen LogP contribution in [0.3, 0.4) is 0 Å². The molecular weight excluding hydrogens is 336 g/mol. The highest BCUT2D eigenvalue weighted by Crippen LogP contribution is 2.34. The van der Waals surface area contributed by atoms with E-state index >= 15 is 0 Å². The highest BCUT2D eigenvalue weighted by atomic mass is 79.9. The van der Waals surface area contributed by atoms with Gasteiger partial charge < -0.3 is 5.73 Å². The molecule has 0 amide bonds. The van der Waals surface area contributed by atoms with E-state index in [1.54, 1.807) is 25.1 Å². The second-order valence-corrected chi connectivity index (χ2v) is 5.81. The molecular formula is C14H11BrClF2N.